The van der Waals surface area contributed by atoms with Crippen molar-refractivity contribution in [3.63, 3.8) is 0 Å². The lowest BCUT2D eigenvalue weighted by Gasteiger charge is -2.07. The van der Waals surface area contributed by atoms with E-state index in [0.29, 0.717) is 23.0 Å². The Morgan fingerprint density at radius 1 is 1.22 bits per heavy atom. The Morgan fingerprint density at radius 2 is 1.89 bits per heavy atom. The van der Waals surface area contributed by atoms with E-state index in [1.54, 1.807) is 0 Å². The van der Waals surface area contributed by atoms with Gasteiger partial charge in [-0.25, -0.2) is 0 Å². The van der Waals surface area contributed by atoms with Gasteiger partial charge in [-0.1, -0.05) is 36.2 Å². The van der Waals surface area contributed by atoms with Gasteiger partial charge in [0.05, 0.1) is 0 Å². The number of aromatic nitrogens is 1. The molecule has 1 aromatic heterocycles. The van der Waals surface area contributed by atoms with Crippen LogP contribution in [0.4, 0.5) is 0 Å². The van der Waals surface area contributed by atoms with Crippen molar-refractivity contribution in [2.75, 3.05) is 0 Å². The van der Waals surface area contributed by atoms with Gasteiger partial charge < -0.3 is 4.57 Å². The molecule has 0 aliphatic carbocycles. The van der Waals surface area contributed by atoms with Crippen molar-refractivity contribution in [2.24, 2.45) is 0 Å². The number of halogens is 2. The molecule has 0 fully saturated rings. The molecule has 0 unspecified atom stereocenters. The summed E-state index contributed by atoms with van der Waals surface area (Å²) < 4.78 is 1.91. The summed E-state index contributed by atoms with van der Waals surface area (Å²) in [6.45, 7) is 2.42. The van der Waals surface area contributed by atoms with Crippen LogP contribution in [-0.2, 0) is 6.54 Å². The fraction of sp³-hybridized carbons (Fsp3) is 0.214. The van der Waals surface area contributed by atoms with Crippen LogP contribution < -0.4 is 0 Å². The molecule has 0 aliphatic heterocycles. The molecule has 4 heteroatoms. The minimum Gasteiger partial charge on any atom is -0.349 e. The second kappa shape index (κ2) is 5.59. The molecule has 0 aliphatic rings. The van der Waals surface area contributed by atoms with Crippen molar-refractivity contribution in [3.8, 4) is 0 Å². The first-order chi connectivity index (χ1) is 8.61. The van der Waals surface area contributed by atoms with E-state index in [4.69, 9.17) is 23.2 Å². The molecule has 0 bridgehead atoms. The van der Waals surface area contributed by atoms with E-state index in [9.17, 15) is 4.79 Å². The van der Waals surface area contributed by atoms with Gasteiger partial charge in [0, 0.05) is 46.5 Å². The zero-order valence-corrected chi connectivity index (χ0v) is 11.5. The summed E-state index contributed by atoms with van der Waals surface area (Å²) in [4.78, 5) is 11.5. The first kappa shape index (κ1) is 13.2. The van der Waals surface area contributed by atoms with E-state index in [1.165, 1.54) is 0 Å². The van der Waals surface area contributed by atoms with Crippen molar-refractivity contribution in [3.05, 3.63) is 57.8 Å². The van der Waals surface area contributed by atoms with Crippen LogP contribution in [0, 0.1) is 0 Å². The van der Waals surface area contributed by atoms with Crippen LogP contribution in [0.1, 0.15) is 29.3 Å². The van der Waals surface area contributed by atoms with Gasteiger partial charge in [-0.3, -0.25) is 4.79 Å². The fourth-order valence-electron chi connectivity index (χ4n) is 1.77. The molecule has 0 spiro atoms. The summed E-state index contributed by atoms with van der Waals surface area (Å²) in [5, 5.41) is 1.28. The summed E-state index contributed by atoms with van der Waals surface area (Å²) in [5.41, 5.74) is 1.59. The lowest BCUT2D eigenvalue weighted by atomic mass is 10.2. The topological polar surface area (TPSA) is 22.0 Å². The van der Waals surface area contributed by atoms with E-state index in [1.807, 2.05) is 48.1 Å². The van der Waals surface area contributed by atoms with Crippen LogP contribution in [0.3, 0.4) is 0 Å². The molecule has 2 aromatic rings. The van der Waals surface area contributed by atoms with Gasteiger partial charge in [-0.15, -0.1) is 0 Å². The maximum absolute atomic E-state index is 11.5. The van der Waals surface area contributed by atoms with E-state index >= 15 is 0 Å². The highest BCUT2D eigenvalue weighted by Crippen LogP contribution is 2.25. The van der Waals surface area contributed by atoms with Crippen LogP contribution in [-0.4, -0.2) is 10.4 Å². The molecule has 1 aromatic carbocycles. The number of benzene rings is 1. The minimum absolute atomic E-state index is 0.138. The predicted octanol–water partition coefficient (Wildman–Crippen LogP) is 4.44. The van der Waals surface area contributed by atoms with Gasteiger partial charge >= 0.3 is 0 Å². The Bertz CT molecular complexity index is 555. The van der Waals surface area contributed by atoms with Crippen molar-refractivity contribution in [1.82, 2.24) is 4.57 Å². The Morgan fingerprint density at radius 3 is 2.50 bits per heavy atom. The van der Waals surface area contributed by atoms with E-state index < -0.39 is 0 Å². The number of ketones is 1. The lowest BCUT2D eigenvalue weighted by Crippen LogP contribution is -1.99. The van der Waals surface area contributed by atoms with E-state index in [-0.39, 0.29) is 5.78 Å². The number of hydrogen-bond acceptors (Lipinski definition) is 1. The number of Topliss-reactive ketones (excluding diaryl/α,β-unsaturated/α-hetero) is 1. The summed E-state index contributed by atoms with van der Waals surface area (Å²) >= 11 is 12.2. The van der Waals surface area contributed by atoms with Crippen LogP contribution in [0.15, 0.2) is 36.7 Å². The largest absolute Gasteiger partial charge is 0.349 e. The second-order valence-electron chi connectivity index (χ2n) is 4.05. The Hall–Kier alpha value is -1.25. The molecule has 2 rings (SSSR count). The maximum Gasteiger partial charge on any atom is 0.164 e. The molecular weight excluding hydrogens is 269 g/mol. The SMILES string of the molecule is CCC(=O)c1ccn(Cc2c(Cl)cccc2Cl)c1. The van der Waals surface area contributed by atoms with Crippen LogP contribution in [0.25, 0.3) is 0 Å². The number of rotatable bonds is 4. The molecule has 0 radical (unpaired) electrons. The number of carbonyl (C=O) groups excluding carboxylic acids is 1. The second-order valence-corrected chi connectivity index (χ2v) is 4.86. The van der Waals surface area contributed by atoms with E-state index in [0.717, 1.165) is 11.1 Å². The highest BCUT2D eigenvalue weighted by Gasteiger charge is 2.08. The Balaban J connectivity index is 2.24. The quantitative estimate of drug-likeness (QED) is 0.760. The average molecular weight is 282 g/mol. The van der Waals surface area contributed by atoms with Gasteiger partial charge in [-0.05, 0) is 18.2 Å². The lowest BCUT2D eigenvalue weighted by molar-refractivity contribution is 0.0988. The zero-order valence-electron chi connectivity index (χ0n) is 9.99. The molecule has 0 saturated heterocycles. The summed E-state index contributed by atoms with van der Waals surface area (Å²) in [6, 6.07) is 7.25. The third kappa shape index (κ3) is 2.77. The van der Waals surface area contributed by atoms with Gasteiger partial charge in [0.2, 0.25) is 0 Å². The maximum atomic E-state index is 11.5. The summed E-state index contributed by atoms with van der Waals surface area (Å²) in [7, 11) is 0. The smallest absolute Gasteiger partial charge is 0.164 e. The average Bonchev–Trinajstić information content (AvgIpc) is 2.81. The zero-order chi connectivity index (χ0) is 13.1. The number of hydrogen-bond donors (Lipinski definition) is 0. The molecule has 2 nitrogen and oxygen atoms in total. The first-order valence-electron chi connectivity index (χ1n) is 5.73. The molecule has 94 valence electrons. The highest BCUT2D eigenvalue weighted by atomic mass is 35.5. The van der Waals surface area contributed by atoms with Crippen molar-refractivity contribution in [2.45, 2.75) is 19.9 Å². The van der Waals surface area contributed by atoms with Gasteiger partial charge in [0.1, 0.15) is 0 Å². The fourth-order valence-corrected chi connectivity index (χ4v) is 2.29. The standard InChI is InChI=1S/C14H13Cl2NO/c1-2-14(18)10-6-7-17(8-10)9-11-12(15)4-3-5-13(11)16/h3-8H,2,9H2,1H3. The number of carbonyl (C=O) groups is 1. The molecule has 0 saturated carbocycles. The summed E-state index contributed by atoms with van der Waals surface area (Å²) in [5.74, 6) is 0.138. The minimum atomic E-state index is 0.138. The van der Waals surface area contributed by atoms with Gasteiger partial charge in [0.15, 0.2) is 5.78 Å². The molecule has 18 heavy (non-hydrogen) atoms. The van der Waals surface area contributed by atoms with Crippen molar-refractivity contribution >= 4 is 29.0 Å². The monoisotopic (exact) mass is 281 g/mol. The van der Waals surface area contributed by atoms with Crippen molar-refractivity contribution in [1.29, 1.82) is 0 Å². The predicted molar refractivity (Wildman–Crippen MR) is 74.6 cm³/mol. The van der Waals surface area contributed by atoms with Crippen LogP contribution >= 0.6 is 23.2 Å². The van der Waals surface area contributed by atoms with Gasteiger partial charge in [0.25, 0.3) is 0 Å². The highest BCUT2D eigenvalue weighted by molar-refractivity contribution is 6.35. The summed E-state index contributed by atoms with van der Waals surface area (Å²) in [6.07, 6.45) is 4.20. The normalized spacial score (nSPS) is 10.6. The third-order valence-electron chi connectivity index (χ3n) is 2.80. The first-order valence-corrected chi connectivity index (χ1v) is 6.49. The molecule has 0 N–H and O–H groups in total. The molecule has 0 amide bonds. The number of nitrogens with zero attached hydrogens (tertiary/aromatic N) is 1. The Kier molecular flexibility index (Phi) is 4.10. The van der Waals surface area contributed by atoms with E-state index in [2.05, 4.69) is 0 Å². The van der Waals surface area contributed by atoms with Crippen LogP contribution in [0.2, 0.25) is 10.0 Å². The Labute approximate surface area is 116 Å². The van der Waals surface area contributed by atoms with Gasteiger partial charge in [-0.2, -0.15) is 0 Å². The van der Waals surface area contributed by atoms with Crippen molar-refractivity contribution < 1.29 is 4.79 Å². The molecule has 0 atom stereocenters. The molecular formula is C14H13Cl2NO. The molecule has 1 heterocycles. The van der Waals surface area contributed by atoms with Crippen LogP contribution in [0.5, 0.6) is 0 Å². The third-order valence-corrected chi connectivity index (χ3v) is 3.50.